The molecule has 0 bridgehead atoms. The first-order valence-electron chi connectivity index (χ1n) is 17.0. The minimum Gasteiger partial charge on any atom is -0.480 e. The van der Waals surface area contributed by atoms with Gasteiger partial charge >= 0.3 is 5.97 Å². The van der Waals surface area contributed by atoms with Crippen LogP contribution < -0.4 is 10.6 Å². The van der Waals surface area contributed by atoms with Gasteiger partial charge in [0.25, 0.3) is 5.91 Å². The van der Waals surface area contributed by atoms with Gasteiger partial charge in [0.05, 0.1) is 4.88 Å². The van der Waals surface area contributed by atoms with E-state index in [9.17, 15) is 19.5 Å². The van der Waals surface area contributed by atoms with Crippen molar-refractivity contribution in [3.8, 4) is 33.6 Å². The van der Waals surface area contributed by atoms with Crippen molar-refractivity contribution in [1.82, 2.24) is 20.6 Å². The molecular formula is C41H44N4O4S. The minimum absolute atomic E-state index is 0.116. The van der Waals surface area contributed by atoms with Crippen LogP contribution in [0.3, 0.4) is 0 Å². The van der Waals surface area contributed by atoms with Crippen LogP contribution in [0.25, 0.3) is 33.6 Å². The number of aryl methyl sites for hydroxylation is 1. The van der Waals surface area contributed by atoms with Crippen molar-refractivity contribution in [3.05, 3.63) is 118 Å². The van der Waals surface area contributed by atoms with Gasteiger partial charge in [-0.15, -0.1) is 11.3 Å². The third-order valence-corrected chi connectivity index (χ3v) is 10.1. The maximum absolute atomic E-state index is 13.2. The van der Waals surface area contributed by atoms with Gasteiger partial charge in [-0.1, -0.05) is 107 Å². The normalized spacial score (nSPS) is 12.6. The standard InChI is InChI=1S/C41H44N4O4S/c1-6-7-8-27-9-13-29(14-10-27)30-17-19-31(20-18-30)33-24-42-37(43-25-33)32-15-11-28(12-16-32)23-34(38(46)44-26(2)40(48)49)45-39(47)35-21-22-36(50-35)41(3,4)5/h9-22,24-26,34H,6-8,23H2,1-5H3,(H,44,46)(H,45,47)(H,48,49)/t26-,34+/m1/s1. The number of carbonyl (C=O) groups is 3. The van der Waals surface area contributed by atoms with Crippen molar-refractivity contribution < 1.29 is 19.5 Å². The third kappa shape index (κ3) is 9.30. The Labute approximate surface area is 298 Å². The molecule has 5 rings (SSSR count). The molecule has 0 spiro atoms. The molecule has 9 heteroatoms. The largest absolute Gasteiger partial charge is 0.480 e. The minimum atomic E-state index is -1.16. The summed E-state index contributed by atoms with van der Waals surface area (Å²) in [5.41, 5.74) is 7.12. The highest BCUT2D eigenvalue weighted by Gasteiger charge is 2.26. The zero-order chi connectivity index (χ0) is 35.8. The summed E-state index contributed by atoms with van der Waals surface area (Å²) in [7, 11) is 0. The molecule has 2 atom stereocenters. The number of aliphatic carboxylic acids is 1. The van der Waals surface area contributed by atoms with E-state index in [2.05, 4.69) is 96.8 Å². The van der Waals surface area contributed by atoms with E-state index in [0.717, 1.165) is 39.1 Å². The Bertz CT molecular complexity index is 1910. The summed E-state index contributed by atoms with van der Waals surface area (Å²) in [5.74, 6) is -1.56. The maximum atomic E-state index is 13.2. The molecule has 0 aliphatic carbocycles. The van der Waals surface area contributed by atoms with Crippen LogP contribution in [-0.4, -0.2) is 44.9 Å². The number of benzene rings is 3. The van der Waals surface area contributed by atoms with Gasteiger partial charge in [0.2, 0.25) is 5.91 Å². The Morgan fingerprint density at radius 1 is 0.740 bits per heavy atom. The number of carboxylic acid groups (broad SMARTS) is 1. The van der Waals surface area contributed by atoms with E-state index in [1.54, 1.807) is 6.07 Å². The first-order valence-corrected chi connectivity index (χ1v) is 17.8. The van der Waals surface area contributed by atoms with E-state index in [-0.39, 0.29) is 17.7 Å². The molecule has 8 nitrogen and oxygen atoms in total. The lowest BCUT2D eigenvalue weighted by molar-refractivity contribution is -0.141. The molecule has 2 heterocycles. The average Bonchev–Trinajstić information content (AvgIpc) is 3.63. The van der Waals surface area contributed by atoms with Crippen LogP contribution in [-0.2, 0) is 27.8 Å². The highest BCUT2D eigenvalue weighted by molar-refractivity contribution is 7.14. The van der Waals surface area contributed by atoms with Crippen LogP contribution in [0.5, 0.6) is 0 Å². The van der Waals surface area contributed by atoms with Gasteiger partial charge in [-0.05, 0) is 65.1 Å². The molecule has 0 saturated carbocycles. The zero-order valence-corrected chi connectivity index (χ0v) is 30.0. The van der Waals surface area contributed by atoms with Gasteiger partial charge in [-0.3, -0.25) is 14.4 Å². The third-order valence-electron chi connectivity index (χ3n) is 8.55. The Balaban J connectivity index is 1.25. The fraction of sp³-hybridized carbons (Fsp3) is 0.293. The Morgan fingerprint density at radius 2 is 1.28 bits per heavy atom. The fourth-order valence-corrected chi connectivity index (χ4v) is 6.40. The fourth-order valence-electron chi connectivity index (χ4n) is 5.43. The molecule has 50 heavy (non-hydrogen) atoms. The number of nitrogens with zero attached hydrogens (tertiary/aromatic N) is 2. The molecule has 2 aromatic heterocycles. The number of carboxylic acids is 1. The molecule has 258 valence electrons. The number of unbranched alkanes of at least 4 members (excludes halogenated alkanes) is 1. The Morgan fingerprint density at radius 3 is 1.82 bits per heavy atom. The van der Waals surface area contributed by atoms with Crippen LogP contribution in [0.4, 0.5) is 0 Å². The molecule has 0 aliphatic heterocycles. The van der Waals surface area contributed by atoms with E-state index < -0.39 is 24.0 Å². The predicted molar refractivity (Wildman–Crippen MR) is 200 cm³/mol. The summed E-state index contributed by atoms with van der Waals surface area (Å²) in [6.07, 6.45) is 7.29. The average molecular weight is 689 g/mol. The van der Waals surface area contributed by atoms with Crippen LogP contribution in [0.15, 0.2) is 97.3 Å². The maximum Gasteiger partial charge on any atom is 0.325 e. The molecule has 2 amide bonds. The van der Waals surface area contributed by atoms with Crippen molar-refractivity contribution in [3.63, 3.8) is 0 Å². The quantitative estimate of drug-likeness (QED) is 0.115. The van der Waals surface area contributed by atoms with Crippen molar-refractivity contribution in [1.29, 1.82) is 0 Å². The molecule has 5 aromatic rings. The Kier molecular flexibility index (Phi) is 11.6. The molecular weight excluding hydrogens is 645 g/mol. The highest BCUT2D eigenvalue weighted by Crippen LogP contribution is 2.30. The van der Waals surface area contributed by atoms with Gasteiger partial charge in [0.1, 0.15) is 12.1 Å². The van der Waals surface area contributed by atoms with Crippen LogP contribution in [0, 0.1) is 0 Å². The topological polar surface area (TPSA) is 121 Å². The molecule has 0 fully saturated rings. The zero-order valence-electron chi connectivity index (χ0n) is 29.2. The van der Waals surface area contributed by atoms with Gasteiger partial charge in [-0.2, -0.15) is 0 Å². The van der Waals surface area contributed by atoms with E-state index in [1.807, 2.05) is 42.7 Å². The number of rotatable bonds is 13. The summed E-state index contributed by atoms with van der Waals surface area (Å²) in [5, 5.41) is 14.6. The smallest absolute Gasteiger partial charge is 0.325 e. The van der Waals surface area contributed by atoms with E-state index in [4.69, 9.17) is 0 Å². The number of thiophene rings is 1. The number of aromatic nitrogens is 2. The predicted octanol–water partition coefficient (Wildman–Crippen LogP) is 8.11. The molecule has 0 unspecified atom stereocenters. The van der Waals surface area contributed by atoms with Gasteiger partial charge in [-0.25, -0.2) is 9.97 Å². The van der Waals surface area contributed by atoms with Crippen molar-refractivity contribution in [2.45, 2.75) is 77.8 Å². The SMILES string of the molecule is CCCCc1ccc(-c2ccc(-c3cnc(-c4ccc(C[C@H](NC(=O)c5ccc(C(C)(C)C)s5)C(=O)N[C@H](C)C(=O)O)cc4)nc3)cc2)cc1. The molecule has 0 saturated heterocycles. The second kappa shape index (κ2) is 16.0. The molecule has 0 aliphatic rings. The molecule has 3 aromatic carbocycles. The molecule has 3 N–H and O–H groups in total. The number of nitrogens with one attached hydrogen (secondary N) is 2. The summed E-state index contributed by atoms with van der Waals surface area (Å²) in [4.78, 5) is 48.5. The lowest BCUT2D eigenvalue weighted by Gasteiger charge is -2.20. The van der Waals surface area contributed by atoms with Crippen LogP contribution in [0.2, 0.25) is 0 Å². The van der Waals surface area contributed by atoms with Gasteiger partial charge < -0.3 is 15.7 Å². The lowest BCUT2D eigenvalue weighted by atomic mass is 9.95. The second-order valence-electron chi connectivity index (χ2n) is 13.6. The lowest BCUT2D eigenvalue weighted by Crippen LogP contribution is -2.51. The number of carbonyl (C=O) groups excluding carboxylic acids is 2. The van der Waals surface area contributed by atoms with E-state index >= 15 is 0 Å². The van der Waals surface area contributed by atoms with Crippen molar-refractivity contribution in [2.24, 2.45) is 0 Å². The monoisotopic (exact) mass is 688 g/mol. The first-order chi connectivity index (χ1) is 23.9. The highest BCUT2D eigenvalue weighted by atomic mass is 32.1. The van der Waals surface area contributed by atoms with Gasteiger partial charge in [0.15, 0.2) is 5.82 Å². The van der Waals surface area contributed by atoms with Crippen molar-refractivity contribution >= 4 is 29.1 Å². The first kappa shape index (κ1) is 36.1. The number of amides is 2. The molecule has 0 radical (unpaired) electrons. The van der Waals surface area contributed by atoms with E-state index in [1.165, 1.54) is 42.2 Å². The van der Waals surface area contributed by atoms with Gasteiger partial charge in [0, 0.05) is 34.8 Å². The summed E-state index contributed by atoms with van der Waals surface area (Å²) >= 11 is 1.38. The van der Waals surface area contributed by atoms with Crippen LogP contribution >= 0.6 is 11.3 Å². The van der Waals surface area contributed by atoms with Crippen LogP contribution in [0.1, 0.15) is 73.1 Å². The number of hydrogen-bond donors (Lipinski definition) is 3. The van der Waals surface area contributed by atoms with E-state index in [0.29, 0.717) is 10.7 Å². The van der Waals surface area contributed by atoms with Crippen molar-refractivity contribution in [2.75, 3.05) is 0 Å². The number of hydrogen-bond acceptors (Lipinski definition) is 6. The Hall–Kier alpha value is -5.15. The summed E-state index contributed by atoms with van der Waals surface area (Å²) in [6.45, 7) is 9.81. The summed E-state index contributed by atoms with van der Waals surface area (Å²) < 4.78 is 0. The summed E-state index contributed by atoms with van der Waals surface area (Å²) in [6, 6.07) is 26.2. The second-order valence-corrected chi connectivity index (χ2v) is 14.7.